The van der Waals surface area contributed by atoms with Crippen LogP contribution in [0.25, 0.3) is 21.5 Å². The zero-order valence-corrected chi connectivity index (χ0v) is 39.0. The summed E-state index contributed by atoms with van der Waals surface area (Å²) in [5.41, 5.74) is 3.07. The van der Waals surface area contributed by atoms with Gasteiger partial charge >= 0.3 is 0 Å². The Morgan fingerprint density at radius 3 is 0.797 bits per heavy atom. The number of benzene rings is 4. The zero-order valence-electron chi connectivity index (χ0n) is 39.0. The van der Waals surface area contributed by atoms with Crippen molar-refractivity contribution in [2.45, 2.75) is 218 Å². The Kier molecular flexibility index (Phi) is 26.7. The monoisotopic (exact) mass is 803 g/mol. The van der Waals surface area contributed by atoms with Gasteiger partial charge < -0.3 is 4.48 Å². The first-order chi connectivity index (χ1) is 29.1. The third-order valence-electron chi connectivity index (χ3n) is 13.7. The van der Waals surface area contributed by atoms with E-state index in [1.807, 2.05) is 0 Å². The van der Waals surface area contributed by atoms with Gasteiger partial charge in [-0.3, -0.25) is 0 Å². The Hall–Kier alpha value is -2.64. The number of fused-ring (bicyclic) bond motifs is 2. The smallest absolute Gasteiger partial charge is 0.0782 e. The van der Waals surface area contributed by atoms with Crippen molar-refractivity contribution in [2.24, 2.45) is 0 Å². The first kappa shape index (κ1) is 49.0. The fourth-order valence-electron chi connectivity index (χ4n) is 9.79. The Labute approximate surface area is 366 Å². The van der Waals surface area contributed by atoms with Gasteiger partial charge in [-0.1, -0.05) is 252 Å². The summed E-state index contributed by atoms with van der Waals surface area (Å²) in [7, 11) is 4.95. The van der Waals surface area contributed by atoms with Crippen molar-refractivity contribution in [1.29, 1.82) is 0 Å². The van der Waals surface area contributed by atoms with Crippen molar-refractivity contribution < 1.29 is 4.48 Å². The lowest BCUT2D eigenvalue weighted by Gasteiger charge is -2.30. The molecule has 0 atom stereocenters. The molecule has 0 aromatic heterocycles. The molecular formula is C58H92N+. The van der Waals surface area contributed by atoms with Gasteiger partial charge in [-0.2, -0.15) is 0 Å². The fraction of sp³-hybridized carbons (Fsp3) is 0.655. The van der Waals surface area contributed by atoms with Crippen LogP contribution in [0.4, 0.5) is 0 Å². The van der Waals surface area contributed by atoms with Gasteiger partial charge in [0.2, 0.25) is 0 Å². The number of rotatable bonds is 38. The molecule has 59 heavy (non-hydrogen) atoms. The lowest BCUT2D eigenvalue weighted by molar-refractivity contribution is -0.890. The summed E-state index contributed by atoms with van der Waals surface area (Å²) in [4.78, 5) is 0. The summed E-state index contributed by atoms with van der Waals surface area (Å²) in [5.74, 6) is 0. The van der Waals surface area contributed by atoms with Crippen LogP contribution < -0.4 is 0 Å². The SMILES string of the molecule is C[N+](C)(CCCCCCCCCCCCCCCCCCc1cccc2ccccc12)CCCCCCCCCCCCCCCCCCc1cccc2ccccc12. The molecule has 0 aliphatic heterocycles. The largest absolute Gasteiger partial charge is 0.328 e. The fourth-order valence-corrected chi connectivity index (χ4v) is 9.79. The van der Waals surface area contributed by atoms with E-state index in [0.717, 1.165) is 0 Å². The highest BCUT2D eigenvalue weighted by atomic mass is 15.3. The molecule has 1 nitrogen and oxygen atoms in total. The number of nitrogens with zero attached hydrogens (tertiary/aromatic N) is 1. The molecular weight excluding hydrogens is 711 g/mol. The lowest BCUT2D eigenvalue weighted by atomic mass is 9.99. The first-order valence-electron chi connectivity index (χ1n) is 25.9. The summed E-state index contributed by atoms with van der Waals surface area (Å²) in [6.45, 7) is 2.75. The van der Waals surface area contributed by atoms with Gasteiger partial charge in [0.1, 0.15) is 0 Å². The number of aryl methyl sites for hydroxylation is 2. The molecule has 0 unspecified atom stereocenters. The third-order valence-corrected chi connectivity index (χ3v) is 13.7. The quantitative estimate of drug-likeness (QED) is 0.0313. The Morgan fingerprint density at radius 1 is 0.254 bits per heavy atom. The van der Waals surface area contributed by atoms with Gasteiger partial charge in [0, 0.05) is 0 Å². The van der Waals surface area contributed by atoms with Gasteiger partial charge in [0.05, 0.1) is 27.2 Å². The molecule has 0 saturated heterocycles. The van der Waals surface area contributed by atoms with E-state index in [-0.39, 0.29) is 0 Å². The molecule has 0 saturated carbocycles. The molecule has 0 N–H and O–H groups in total. The van der Waals surface area contributed by atoms with Crippen LogP contribution in [0.15, 0.2) is 84.9 Å². The Morgan fingerprint density at radius 2 is 0.492 bits per heavy atom. The summed E-state index contributed by atoms with van der Waals surface area (Å²) in [5, 5.41) is 5.68. The van der Waals surface area contributed by atoms with Crippen LogP contribution in [-0.4, -0.2) is 31.7 Å². The summed E-state index contributed by atoms with van der Waals surface area (Å²) in [6.07, 6.45) is 48.5. The molecule has 0 amide bonds. The maximum atomic E-state index is 2.48. The number of quaternary nitrogens is 1. The highest BCUT2D eigenvalue weighted by Gasteiger charge is 2.13. The van der Waals surface area contributed by atoms with Crippen LogP contribution in [0.1, 0.15) is 217 Å². The molecule has 0 radical (unpaired) electrons. The van der Waals surface area contributed by atoms with Crippen molar-refractivity contribution >= 4 is 21.5 Å². The lowest BCUT2D eigenvalue weighted by Crippen LogP contribution is -2.41. The molecule has 4 aromatic carbocycles. The van der Waals surface area contributed by atoms with Crippen molar-refractivity contribution in [3.05, 3.63) is 96.1 Å². The van der Waals surface area contributed by atoms with Crippen molar-refractivity contribution in [3.8, 4) is 0 Å². The van der Waals surface area contributed by atoms with E-state index in [9.17, 15) is 0 Å². The molecule has 1 heteroatoms. The van der Waals surface area contributed by atoms with E-state index in [2.05, 4.69) is 99.0 Å². The minimum Gasteiger partial charge on any atom is -0.328 e. The van der Waals surface area contributed by atoms with E-state index >= 15 is 0 Å². The van der Waals surface area contributed by atoms with Crippen LogP contribution in [0.5, 0.6) is 0 Å². The van der Waals surface area contributed by atoms with Gasteiger partial charge in [-0.05, 0) is 84.0 Å². The molecule has 4 rings (SSSR count). The summed E-state index contributed by atoms with van der Waals surface area (Å²) < 4.78 is 1.23. The van der Waals surface area contributed by atoms with Gasteiger partial charge in [-0.25, -0.2) is 0 Å². The molecule has 0 fully saturated rings. The van der Waals surface area contributed by atoms with Crippen molar-refractivity contribution in [2.75, 3.05) is 27.2 Å². The second-order valence-corrected chi connectivity index (χ2v) is 19.5. The summed E-state index contributed by atoms with van der Waals surface area (Å²) in [6, 6.07) is 31.3. The van der Waals surface area contributed by atoms with Gasteiger partial charge in [0.15, 0.2) is 0 Å². The maximum Gasteiger partial charge on any atom is 0.0782 e. The topological polar surface area (TPSA) is 0 Å². The van der Waals surface area contributed by atoms with E-state index in [1.165, 1.54) is 269 Å². The predicted octanol–water partition coefficient (Wildman–Crippen LogP) is 18.3. The maximum absolute atomic E-state index is 2.48. The molecule has 0 heterocycles. The molecule has 0 aliphatic rings. The van der Waals surface area contributed by atoms with Crippen LogP contribution >= 0.6 is 0 Å². The average Bonchev–Trinajstić information content (AvgIpc) is 3.25. The minimum atomic E-state index is 1.23. The predicted molar refractivity (Wildman–Crippen MR) is 265 cm³/mol. The van der Waals surface area contributed by atoms with Gasteiger partial charge in [0.25, 0.3) is 0 Å². The number of hydrogen-bond acceptors (Lipinski definition) is 0. The van der Waals surface area contributed by atoms with Crippen LogP contribution in [-0.2, 0) is 12.8 Å². The Balaban J connectivity index is 0.793. The second kappa shape index (κ2) is 32.1. The first-order valence-corrected chi connectivity index (χ1v) is 25.9. The normalized spacial score (nSPS) is 12.0. The molecule has 0 bridgehead atoms. The Bertz CT molecular complexity index is 1460. The van der Waals surface area contributed by atoms with Crippen LogP contribution in [0.3, 0.4) is 0 Å². The average molecular weight is 803 g/mol. The van der Waals surface area contributed by atoms with E-state index < -0.39 is 0 Å². The molecule has 0 spiro atoms. The molecule has 0 aliphatic carbocycles. The van der Waals surface area contributed by atoms with Crippen molar-refractivity contribution in [3.63, 3.8) is 0 Å². The number of hydrogen-bond donors (Lipinski definition) is 0. The zero-order chi connectivity index (χ0) is 41.3. The van der Waals surface area contributed by atoms with E-state index in [0.29, 0.717) is 0 Å². The van der Waals surface area contributed by atoms with Crippen LogP contribution in [0, 0.1) is 0 Å². The van der Waals surface area contributed by atoms with E-state index in [1.54, 1.807) is 0 Å². The highest BCUT2D eigenvalue weighted by molar-refractivity contribution is 5.86. The molecule has 328 valence electrons. The number of unbranched alkanes of at least 4 members (excludes halogenated alkanes) is 30. The minimum absolute atomic E-state index is 1.23. The second-order valence-electron chi connectivity index (χ2n) is 19.5. The third kappa shape index (κ3) is 22.7. The van der Waals surface area contributed by atoms with E-state index in [4.69, 9.17) is 0 Å². The van der Waals surface area contributed by atoms with Crippen molar-refractivity contribution in [1.82, 2.24) is 0 Å². The molecule has 4 aromatic rings. The standard InChI is InChI=1S/C58H92N/c1-59(2,51-37-29-25-21-17-13-9-5-3-7-11-15-19-23-27-31-41-53-45-39-47-55-43-33-35-49-57(53)55)52-38-30-26-22-18-14-10-6-4-8-12-16-20-24-28-32-42-54-46-40-48-56-44-34-36-50-58(54)56/h33-36,39-40,43-50H,3-32,37-38,41-42,51-52H2,1-2H3/q+1. The van der Waals surface area contributed by atoms with Gasteiger partial charge in [-0.15, -0.1) is 0 Å². The van der Waals surface area contributed by atoms with Crippen LogP contribution in [0.2, 0.25) is 0 Å². The summed E-state index contributed by atoms with van der Waals surface area (Å²) >= 11 is 0. The highest BCUT2D eigenvalue weighted by Crippen LogP contribution is 2.23.